The first kappa shape index (κ1) is 77.6. The molecule has 1 aliphatic heterocycles. The maximum Gasteiger partial charge on any atom is 0.397 e. The molecule has 1 amide bonds. The van der Waals surface area contributed by atoms with Crippen molar-refractivity contribution in [3.63, 3.8) is 0 Å². The second-order valence-electron chi connectivity index (χ2n) is 24.5. The van der Waals surface area contributed by atoms with Crippen LogP contribution in [0, 0.1) is 0 Å². The van der Waals surface area contributed by atoms with Crippen LogP contribution < -0.4 is 5.32 Å². The zero-order valence-electron chi connectivity index (χ0n) is 52.6. The van der Waals surface area contributed by atoms with Gasteiger partial charge in [-0.3, -0.25) is 9.35 Å². The molecule has 0 radical (unpaired) electrons. The zero-order valence-corrected chi connectivity index (χ0v) is 53.4. The highest BCUT2D eigenvalue weighted by Crippen LogP contribution is 2.26. The molecule has 7 atom stereocenters. The van der Waals surface area contributed by atoms with Crippen molar-refractivity contribution in [2.24, 2.45) is 0 Å². The smallest absolute Gasteiger partial charge is 0.394 e. The summed E-state index contributed by atoms with van der Waals surface area (Å²) < 4.78 is 47.9. The first-order valence-electron chi connectivity index (χ1n) is 34.7. The summed E-state index contributed by atoms with van der Waals surface area (Å²) in [6, 6.07) is -0.942. The van der Waals surface area contributed by atoms with Crippen molar-refractivity contribution in [1.82, 2.24) is 5.32 Å². The van der Waals surface area contributed by atoms with Crippen molar-refractivity contribution in [1.29, 1.82) is 0 Å². The monoisotopic (exact) mass is 1170 g/mol. The number of nitrogens with one attached hydrogen (secondary N) is 1. The van der Waals surface area contributed by atoms with Gasteiger partial charge in [-0.15, -0.1) is 0 Å². The number of carbonyl (C=O) groups excluding carboxylic acids is 1. The van der Waals surface area contributed by atoms with Gasteiger partial charge >= 0.3 is 10.4 Å². The van der Waals surface area contributed by atoms with Crippen LogP contribution in [-0.4, -0.2) is 95.4 Å². The van der Waals surface area contributed by atoms with Gasteiger partial charge in [0.15, 0.2) is 6.29 Å². The van der Waals surface area contributed by atoms with Gasteiger partial charge in [0.25, 0.3) is 0 Å². The highest BCUT2D eigenvalue weighted by molar-refractivity contribution is 7.80. The van der Waals surface area contributed by atoms with Crippen LogP contribution in [-0.2, 0) is 28.9 Å². The Morgan fingerprint density at radius 1 is 0.481 bits per heavy atom. The standard InChI is InChI=1S/C68H131NO11S/c1-3-5-7-9-11-13-15-17-19-20-21-22-23-24-25-26-27-28-29-30-31-32-33-34-35-36-37-38-39-40-41-42-44-46-48-50-52-54-56-58-64(72)69-61(60-78-68-66(74)67(80-81(75,76)77)65(73)63(59-70)79-68)62(71)57-55-53-51-49-47-45-43-18-16-14-12-10-8-6-4-2/h30-31,55,57,61-63,65-68,70-71,73-74H,3-29,32-54,56,58-60H2,1-2H3,(H,69,72)(H,75,76,77)/b31-30-,57-55+. The van der Waals surface area contributed by atoms with Crippen molar-refractivity contribution in [2.75, 3.05) is 13.2 Å². The molecule has 13 heteroatoms. The molecule has 0 bridgehead atoms. The molecular weight excluding hydrogens is 1040 g/mol. The van der Waals surface area contributed by atoms with Crippen LogP contribution in [0.2, 0.25) is 0 Å². The number of hydrogen-bond donors (Lipinski definition) is 6. The van der Waals surface area contributed by atoms with Crippen LogP contribution in [0.4, 0.5) is 0 Å². The quantitative estimate of drug-likeness (QED) is 0.0193. The van der Waals surface area contributed by atoms with E-state index in [4.69, 9.17) is 9.47 Å². The molecule has 480 valence electrons. The lowest BCUT2D eigenvalue weighted by molar-refractivity contribution is -0.298. The number of unbranched alkanes of at least 4 members (excludes halogenated alkanes) is 48. The summed E-state index contributed by atoms with van der Waals surface area (Å²) in [5, 5.41) is 45.0. The molecule has 81 heavy (non-hydrogen) atoms. The molecule has 1 fully saturated rings. The maximum absolute atomic E-state index is 13.2. The molecule has 0 saturated carbocycles. The molecule has 0 aromatic heterocycles. The predicted octanol–water partition coefficient (Wildman–Crippen LogP) is 17.9. The Hall–Kier alpha value is -1.42. The first-order valence-corrected chi connectivity index (χ1v) is 36.1. The summed E-state index contributed by atoms with van der Waals surface area (Å²) in [6.07, 6.45) is 65.7. The largest absolute Gasteiger partial charge is 0.397 e. The van der Waals surface area contributed by atoms with Crippen LogP contribution in [0.1, 0.15) is 348 Å². The van der Waals surface area contributed by atoms with Crippen LogP contribution in [0.25, 0.3) is 0 Å². The third kappa shape index (κ3) is 49.4. The van der Waals surface area contributed by atoms with Crippen molar-refractivity contribution in [3.05, 3.63) is 24.3 Å². The first-order chi connectivity index (χ1) is 39.5. The Kier molecular flexibility index (Phi) is 55.2. The van der Waals surface area contributed by atoms with Crippen LogP contribution in [0.5, 0.6) is 0 Å². The molecule has 0 aromatic carbocycles. The molecule has 6 N–H and O–H groups in total. The Bertz CT molecular complexity index is 1520. The van der Waals surface area contributed by atoms with Gasteiger partial charge in [0.1, 0.15) is 24.4 Å². The van der Waals surface area contributed by atoms with Crippen LogP contribution in [0.3, 0.4) is 0 Å². The molecule has 1 heterocycles. The highest BCUT2D eigenvalue weighted by atomic mass is 32.3. The third-order valence-electron chi connectivity index (χ3n) is 16.7. The van der Waals surface area contributed by atoms with Gasteiger partial charge in [0.05, 0.1) is 25.4 Å². The predicted molar refractivity (Wildman–Crippen MR) is 338 cm³/mol. The second kappa shape index (κ2) is 57.6. The van der Waals surface area contributed by atoms with Gasteiger partial charge in [-0.05, 0) is 44.9 Å². The highest BCUT2D eigenvalue weighted by Gasteiger charge is 2.48. The van der Waals surface area contributed by atoms with E-state index in [1.807, 2.05) is 6.08 Å². The number of aliphatic hydroxyl groups is 4. The molecule has 12 nitrogen and oxygen atoms in total. The summed E-state index contributed by atoms with van der Waals surface area (Å²) >= 11 is 0. The molecule has 0 spiro atoms. The number of carbonyl (C=O) groups is 1. The molecule has 1 rings (SSSR count). The summed E-state index contributed by atoms with van der Waals surface area (Å²) in [5.74, 6) is -0.256. The van der Waals surface area contributed by atoms with Crippen LogP contribution >= 0.6 is 0 Å². The number of aliphatic hydroxyl groups excluding tert-OH is 4. The fourth-order valence-corrected chi connectivity index (χ4v) is 11.9. The lowest BCUT2D eigenvalue weighted by Gasteiger charge is -2.41. The molecule has 0 aromatic rings. The van der Waals surface area contributed by atoms with Crippen molar-refractivity contribution in [3.8, 4) is 0 Å². The van der Waals surface area contributed by atoms with E-state index in [-0.39, 0.29) is 18.9 Å². The summed E-state index contributed by atoms with van der Waals surface area (Å²) in [5.41, 5.74) is 0. The van der Waals surface area contributed by atoms with Crippen molar-refractivity contribution >= 4 is 16.3 Å². The van der Waals surface area contributed by atoms with E-state index in [2.05, 4.69) is 35.5 Å². The van der Waals surface area contributed by atoms with E-state index in [9.17, 15) is 38.2 Å². The number of hydrogen-bond acceptors (Lipinski definition) is 10. The number of rotatable bonds is 62. The zero-order chi connectivity index (χ0) is 59.0. The maximum atomic E-state index is 13.2. The number of ether oxygens (including phenoxy) is 2. The lowest BCUT2D eigenvalue weighted by atomic mass is 9.99. The van der Waals surface area contributed by atoms with E-state index in [0.717, 1.165) is 38.5 Å². The van der Waals surface area contributed by atoms with E-state index < -0.39 is 59.9 Å². The number of allylic oxidation sites excluding steroid dienone is 3. The molecular formula is C68H131NO11S. The topological polar surface area (TPSA) is 192 Å². The Balaban J connectivity index is 2.14. The minimum Gasteiger partial charge on any atom is -0.394 e. The molecule has 1 saturated heterocycles. The van der Waals surface area contributed by atoms with Gasteiger partial charge in [0.2, 0.25) is 5.91 Å². The van der Waals surface area contributed by atoms with E-state index in [1.54, 1.807) is 6.08 Å². The van der Waals surface area contributed by atoms with Gasteiger partial charge in [0, 0.05) is 6.42 Å². The summed E-state index contributed by atoms with van der Waals surface area (Å²) in [7, 11) is -5.09. The van der Waals surface area contributed by atoms with Crippen molar-refractivity contribution < 1.29 is 51.8 Å². The SMILES string of the molecule is CCCCCCCCCCCCCCC/C=C/C(O)C(COC1OC(CO)C(O)C(OS(=O)(=O)O)C1O)NC(=O)CCCCCCCCCCCCCCCCCCC/C=C\CCCCCCCCCCCCCCCCCCCC. The average Bonchev–Trinajstić information content (AvgIpc) is 3.49. The van der Waals surface area contributed by atoms with Gasteiger partial charge in [-0.1, -0.05) is 321 Å². The fraction of sp³-hybridized carbons (Fsp3) is 0.926. The number of amides is 1. The fourth-order valence-electron chi connectivity index (χ4n) is 11.4. The average molecular weight is 1170 g/mol. The van der Waals surface area contributed by atoms with E-state index >= 15 is 0 Å². The van der Waals surface area contributed by atoms with Gasteiger partial charge < -0.3 is 35.2 Å². The van der Waals surface area contributed by atoms with E-state index in [1.165, 1.54) is 283 Å². The second-order valence-corrected chi connectivity index (χ2v) is 25.5. The molecule has 1 aliphatic rings. The minimum atomic E-state index is -5.09. The van der Waals surface area contributed by atoms with Gasteiger partial charge in [-0.2, -0.15) is 8.42 Å². The van der Waals surface area contributed by atoms with E-state index in [0.29, 0.717) is 6.42 Å². The van der Waals surface area contributed by atoms with Crippen LogP contribution in [0.15, 0.2) is 24.3 Å². The minimum absolute atomic E-state index is 0.256. The Morgan fingerprint density at radius 3 is 1.11 bits per heavy atom. The Labute approximate surface area is 499 Å². The molecule has 7 unspecified atom stereocenters. The van der Waals surface area contributed by atoms with Crippen molar-refractivity contribution in [2.45, 2.75) is 391 Å². The molecule has 0 aliphatic carbocycles. The normalized spacial score (nSPS) is 18.6. The summed E-state index contributed by atoms with van der Waals surface area (Å²) in [6.45, 7) is 3.44. The lowest BCUT2D eigenvalue weighted by Crippen LogP contribution is -2.61. The van der Waals surface area contributed by atoms with Gasteiger partial charge in [-0.25, -0.2) is 4.18 Å². The summed E-state index contributed by atoms with van der Waals surface area (Å²) in [4.78, 5) is 13.2. The third-order valence-corrected chi connectivity index (χ3v) is 17.2. The Morgan fingerprint density at radius 2 is 0.790 bits per heavy atom.